The van der Waals surface area contributed by atoms with E-state index in [2.05, 4.69) is 19.8 Å². The van der Waals surface area contributed by atoms with Gasteiger partial charge in [-0.3, -0.25) is 4.90 Å². The van der Waals surface area contributed by atoms with Gasteiger partial charge in [-0.1, -0.05) is 24.3 Å². The topological polar surface area (TPSA) is 92.5 Å². The first-order valence-electron chi connectivity index (χ1n) is 11.3. The predicted octanol–water partition coefficient (Wildman–Crippen LogP) is 3.82. The fourth-order valence-electron chi connectivity index (χ4n) is 4.39. The predicted molar refractivity (Wildman–Crippen MR) is 138 cm³/mol. The van der Waals surface area contributed by atoms with Crippen LogP contribution in [0, 0.1) is 0 Å². The molecule has 180 valence electrons. The molecule has 1 saturated heterocycles. The summed E-state index contributed by atoms with van der Waals surface area (Å²) in [6.45, 7) is 4.74. The van der Waals surface area contributed by atoms with Crippen molar-refractivity contribution in [2.75, 3.05) is 44.2 Å². The first-order chi connectivity index (χ1) is 16.4. The number of hydrogen-bond donors (Lipinski definition) is 2. The Kier molecular flexibility index (Phi) is 6.67. The molecule has 0 unspecified atom stereocenters. The molecule has 34 heavy (non-hydrogen) atoms. The Morgan fingerprint density at radius 2 is 1.79 bits per heavy atom. The summed E-state index contributed by atoms with van der Waals surface area (Å²) >= 11 is 7.44. The number of nitrogens with zero attached hydrogens (tertiary/aromatic N) is 3. The van der Waals surface area contributed by atoms with Crippen molar-refractivity contribution < 1.29 is 8.42 Å². The quantitative estimate of drug-likeness (QED) is 0.273. The van der Waals surface area contributed by atoms with Crippen molar-refractivity contribution in [1.29, 1.82) is 0 Å². The number of aromatic amines is 2. The van der Waals surface area contributed by atoms with Gasteiger partial charge in [0.15, 0.2) is 0 Å². The highest BCUT2D eigenvalue weighted by Gasteiger charge is 2.25. The summed E-state index contributed by atoms with van der Waals surface area (Å²) in [4.78, 5) is 22.0. The molecule has 1 aliphatic heterocycles. The molecule has 3 heterocycles. The molecular weight excluding hydrogens is 494 g/mol. The monoisotopic (exact) mass is 519 g/mol. The van der Waals surface area contributed by atoms with E-state index in [4.69, 9.17) is 11.8 Å². The molecule has 2 aromatic carbocycles. The molecule has 4 aromatic rings. The number of hydrogen-bond acceptors (Lipinski definition) is 6. The Hall–Kier alpha value is -2.37. The Morgan fingerprint density at radius 3 is 2.59 bits per heavy atom. The maximum atomic E-state index is 12.8. The van der Waals surface area contributed by atoms with Gasteiger partial charge < -0.3 is 14.9 Å². The number of unbranched alkanes of at least 4 members (excludes halogenated alkanes) is 1. The number of halogens is 1. The third-order valence-electron chi connectivity index (χ3n) is 6.22. The van der Waals surface area contributed by atoms with E-state index < -0.39 is 10.0 Å². The van der Waals surface area contributed by atoms with Crippen molar-refractivity contribution in [3.05, 3.63) is 59.0 Å². The van der Waals surface area contributed by atoms with Crippen LogP contribution in [-0.2, 0) is 10.0 Å². The molecule has 0 aliphatic carbocycles. The first-order valence-corrected chi connectivity index (χ1v) is 13.9. The number of anilines is 1. The van der Waals surface area contributed by atoms with Crippen LogP contribution in [0.3, 0.4) is 0 Å². The second-order valence-electron chi connectivity index (χ2n) is 8.43. The molecule has 2 N–H and O–H groups in total. The van der Waals surface area contributed by atoms with E-state index >= 15 is 0 Å². The lowest BCUT2D eigenvalue weighted by molar-refractivity contribution is 0.252. The Bertz CT molecular complexity index is 1420. The largest absolute Gasteiger partial charge is 0.367 e. The van der Waals surface area contributed by atoms with Crippen LogP contribution in [0.2, 0.25) is 0 Å². The van der Waals surface area contributed by atoms with Gasteiger partial charge in [-0.05, 0) is 60.8 Å². The van der Waals surface area contributed by atoms with Gasteiger partial charge in [0.05, 0.1) is 16.7 Å². The fourth-order valence-corrected chi connectivity index (χ4v) is 7.45. The van der Waals surface area contributed by atoms with Crippen molar-refractivity contribution in [3.8, 4) is 0 Å². The zero-order valence-electron chi connectivity index (χ0n) is 18.5. The number of sulfonamides is 1. The van der Waals surface area contributed by atoms with E-state index in [1.54, 1.807) is 6.07 Å². The van der Waals surface area contributed by atoms with Crippen LogP contribution in [0.4, 0.5) is 5.69 Å². The number of nitrogens with one attached hydrogen (secondary N) is 2. The van der Waals surface area contributed by atoms with Crippen molar-refractivity contribution in [3.63, 3.8) is 0 Å². The summed E-state index contributed by atoms with van der Waals surface area (Å²) in [6.07, 6.45) is 1.56. The molecule has 11 heteroatoms. The smallest absolute Gasteiger partial charge is 0.323 e. The second-order valence-corrected chi connectivity index (χ2v) is 12.2. The third-order valence-corrected chi connectivity index (χ3v) is 10.1. The minimum absolute atomic E-state index is 0.191. The minimum atomic E-state index is -3.69. The van der Waals surface area contributed by atoms with Crippen LogP contribution in [0.25, 0.3) is 21.1 Å². The van der Waals surface area contributed by atoms with Crippen LogP contribution in [0.1, 0.15) is 12.8 Å². The molecule has 1 fully saturated rings. The van der Waals surface area contributed by atoms with Crippen LogP contribution in [0.5, 0.6) is 0 Å². The van der Waals surface area contributed by atoms with Gasteiger partial charge in [-0.2, -0.15) is 0 Å². The zero-order valence-corrected chi connectivity index (χ0v) is 20.9. The van der Waals surface area contributed by atoms with Gasteiger partial charge in [-0.15, -0.1) is 15.2 Å². The highest BCUT2D eigenvalue weighted by molar-refractivity contribution is 7.92. The first kappa shape index (κ1) is 23.4. The standard InChI is InChI=1S/C23H26ClN5O3S2/c24-29(34(31,32)21-16-17-6-1-2-9-20(17)33-21)11-4-3-10-27-12-14-28(15-13-27)19-8-5-7-18-22(19)26-23(30)25-18/h1-2,5-9,16H,3-4,10-15H2,(H2,25,26,30). The number of benzene rings is 2. The molecule has 0 spiro atoms. The van der Waals surface area contributed by atoms with E-state index in [1.807, 2.05) is 42.5 Å². The average Bonchev–Trinajstić information content (AvgIpc) is 3.45. The summed E-state index contributed by atoms with van der Waals surface area (Å²) in [5.41, 5.74) is 2.52. The molecule has 8 nitrogen and oxygen atoms in total. The third kappa shape index (κ3) is 4.73. The number of para-hydroxylation sites is 1. The average molecular weight is 520 g/mol. The zero-order chi connectivity index (χ0) is 23.7. The number of aromatic nitrogens is 2. The maximum absolute atomic E-state index is 12.8. The van der Waals surface area contributed by atoms with E-state index in [1.165, 1.54) is 11.3 Å². The summed E-state index contributed by atoms with van der Waals surface area (Å²) in [5.74, 6) is 0. The van der Waals surface area contributed by atoms with Crippen molar-refractivity contribution in [2.24, 2.45) is 0 Å². The molecule has 0 radical (unpaired) electrons. The highest BCUT2D eigenvalue weighted by atomic mass is 35.5. The van der Waals surface area contributed by atoms with Gasteiger partial charge in [0.1, 0.15) is 4.21 Å². The molecular formula is C23H26ClN5O3S2. The highest BCUT2D eigenvalue weighted by Crippen LogP contribution is 2.31. The lowest BCUT2D eigenvalue weighted by Gasteiger charge is -2.36. The van der Waals surface area contributed by atoms with Gasteiger partial charge in [-0.25, -0.2) is 13.2 Å². The van der Waals surface area contributed by atoms with Gasteiger partial charge in [0.25, 0.3) is 10.0 Å². The molecule has 0 amide bonds. The van der Waals surface area contributed by atoms with Crippen LogP contribution in [-0.4, -0.2) is 66.4 Å². The second kappa shape index (κ2) is 9.71. The molecule has 1 aliphatic rings. The Morgan fingerprint density at radius 1 is 1.00 bits per heavy atom. The Balaban J connectivity index is 1.10. The van der Waals surface area contributed by atoms with Gasteiger partial charge >= 0.3 is 5.69 Å². The fraction of sp³-hybridized carbons (Fsp3) is 0.348. The Labute approximate surface area is 206 Å². The van der Waals surface area contributed by atoms with E-state index in [-0.39, 0.29) is 16.4 Å². The lowest BCUT2D eigenvalue weighted by atomic mass is 10.2. The maximum Gasteiger partial charge on any atom is 0.323 e. The SMILES string of the molecule is O=c1[nH]c2cccc(N3CCN(CCCCN(Cl)S(=O)(=O)c4cc5ccccc5s4)CC3)c2[nH]1. The summed E-state index contributed by atoms with van der Waals surface area (Å²) < 4.78 is 27.8. The van der Waals surface area contributed by atoms with Crippen molar-refractivity contribution >= 4 is 59.9 Å². The normalized spacial score (nSPS) is 15.6. The summed E-state index contributed by atoms with van der Waals surface area (Å²) in [5, 5.41) is 0.911. The number of fused-ring (bicyclic) bond motifs is 2. The number of piperazine rings is 1. The van der Waals surface area contributed by atoms with Gasteiger partial charge in [0.2, 0.25) is 0 Å². The molecule has 0 bridgehead atoms. The number of thiophene rings is 1. The lowest BCUT2D eigenvalue weighted by Crippen LogP contribution is -2.46. The molecule has 2 aromatic heterocycles. The van der Waals surface area contributed by atoms with E-state index in [9.17, 15) is 13.2 Å². The van der Waals surface area contributed by atoms with Gasteiger partial charge in [0, 0.05) is 37.4 Å². The number of rotatable bonds is 8. The minimum Gasteiger partial charge on any atom is -0.367 e. The summed E-state index contributed by atoms with van der Waals surface area (Å²) in [7, 11) is -3.69. The van der Waals surface area contributed by atoms with Crippen molar-refractivity contribution in [1.82, 2.24) is 18.7 Å². The van der Waals surface area contributed by atoms with Crippen LogP contribution < -0.4 is 10.6 Å². The molecule has 0 saturated carbocycles. The number of H-pyrrole nitrogens is 2. The summed E-state index contributed by atoms with van der Waals surface area (Å²) in [6, 6.07) is 15.2. The van der Waals surface area contributed by atoms with Crippen molar-refractivity contribution in [2.45, 2.75) is 17.1 Å². The van der Waals surface area contributed by atoms with Crippen LogP contribution in [0.15, 0.2) is 57.5 Å². The molecule has 5 rings (SSSR count). The van der Waals surface area contributed by atoms with E-state index in [0.717, 1.165) is 69.8 Å². The van der Waals surface area contributed by atoms with E-state index in [0.29, 0.717) is 6.42 Å². The van der Waals surface area contributed by atoms with Crippen LogP contribution >= 0.6 is 23.1 Å². The molecule has 0 atom stereocenters. The number of imidazole rings is 1.